The predicted octanol–water partition coefficient (Wildman–Crippen LogP) is 1.26. The van der Waals surface area contributed by atoms with Crippen molar-refractivity contribution < 1.29 is 19.1 Å². The molecule has 1 fully saturated rings. The second-order valence-electron chi connectivity index (χ2n) is 6.94. The van der Waals surface area contributed by atoms with Gasteiger partial charge in [-0.25, -0.2) is 9.97 Å². The molecule has 176 valence electrons. The third kappa shape index (κ3) is 8.48. The van der Waals surface area contributed by atoms with E-state index < -0.39 is 5.91 Å². The summed E-state index contributed by atoms with van der Waals surface area (Å²) in [6.45, 7) is 1.71. The Morgan fingerprint density at radius 2 is 1.84 bits per heavy atom. The van der Waals surface area contributed by atoms with Gasteiger partial charge in [0, 0.05) is 19.8 Å². The summed E-state index contributed by atoms with van der Waals surface area (Å²) in [5, 5.41) is 14.5. The highest BCUT2D eigenvalue weighted by Crippen LogP contribution is 2.23. The molecule has 0 bridgehead atoms. The molecule has 0 spiro atoms. The molecule has 2 heterocycles. The maximum Gasteiger partial charge on any atom is 0.286 e. The van der Waals surface area contributed by atoms with E-state index in [9.17, 15) is 14.4 Å². The number of hydrogen-bond acceptors (Lipinski definition) is 10. The van der Waals surface area contributed by atoms with E-state index in [2.05, 4.69) is 25.9 Å². The highest BCUT2D eigenvalue weighted by atomic mass is 35.5. The second-order valence-corrected chi connectivity index (χ2v) is 8.47. The maximum atomic E-state index is 12.1. The van der Waals surface area contributed by atoms with Gasteiger partial charge in [-0.3, -0.25) is 30.4 Å². The zero-order valence-corrected chi connectivity index (χ0v) is 19.0. The van der Waals surface area contributed by atoms with Crippen molar-refractivity contribution in [3.05, 3.63) is 10.8 Å². The molecule has 1 saturated heterocycles. The standard InChI is InChI=1S/C18H27ClN8O4S/c19-12-14(21)25-13(20)11(24-12)16(29)26-17(22)23-7-3-1-2-4-8-31-9-5-6-10-15(28)27-18(30)32-10/h10H,1-9H2,(H4,20,21,25)(H,27,28,30)(H3,22,23,26,29). The minimum absolute atomic E-state index is 0.0748. The Morgan fingerprint density at radius 3 is 2.56 bits per heavy atom. The van der Waals surface area contributed by atoms with Gasteiger partial charge < -0.3 is 21.5 Å². The number of carbonyl (C=O) groups excluding carboxylic acids is 3. The number of imide groups is 1. The summed E-state index contributed by atoms with van der Waals surface area (Å²) >= 11 is 6.78. The van der Waals surface area contributed by atoms with Gasteiger partial charge in [0.1, 0.15) is 0 Å². The Morgan fingerprint density at radius 1 is 1.12 bits per heavy atom. The normalized spacial score (nSPS) is 15.5. The number of amides is 3. The van der Waals surface area contributed by atoms with Crippen LogP contribution in [0.25, 0.3) is 0 Å². The molecule has 1 aromatic heterocycles. The minimum atomic E-state index is -0.703. The van der Waals surface area contributed by atoms with Crippen LogP contribution >= 0.6 is 23.4 Å². The number of nitrogens with two attached hydrogens (primary N) is 2. The first kappa shape index (κ1) is 25.6. The number of nitrogens with one attached hydrogen (secondary N) is 4. The van der Waals surface area contributed by atoms with E-state index in [1.807, 2.05) is 0 Å². The molecule has 0 saturated carbocycles. The molecule has 1 aliphatic heterocycles. The molecular weight excluding hydrogens is 460 g/mol. The smallest absolute Gasteiger partial charge is 0.286 e. The van der Waals surface area contributed by atoms with Crippen LogP contribution in [0.1, 0.15) is 49.0 Å². The first-order valence-corrected chi connectivity index (χ1v) is 11.3. The molecule has 12 nitrogen and oxygen atoms in total. The lowest BCUT2D eigenvalue weighted by Crippen LogP contribution is -2.41. The minimum Gasteiger partial charge on any atom is -0.382 e. The van der Waals surface area contributed by atoms with E-state index in [4.69, 9.17) is 33.2 Å². The number of rotatable bonds is 12. The lowest BCUT2D eigenvalue weighted by molar-refractivity contribution is -0.119. The molecule has 14 heteroatoms. The Kier molecular flexibility index (Phi) is 10.4. The van der Waals surface area contributed by atoms with Gasteiger partial charge in [0.2, 0.25) is 5.91 Å². The van der Waals surface area contributed by atoms with Gasteiger partial charge in [0.05, 0.1) is 5.25 Å². The van der Waals surface area contributed by atoms with Gasteiger partial charge in [0.25, 0.3) is 11.1 Å². The Hall–Kier alpha value is -2.64. The fourth-order valence-corrected chi connectivity index (χ4v) is 3.77. The highest BCUT2D eigenvalue weighted by Gasteiger charge is 2.30. The molecule has 1 atom stereocenters. The quantitative estimate of drug-likeness (QED) is 0.142. The lowest BCUT2D eigenvalue weighted by atomic mass is 10.2. The van der Waals surface area contributed by atoms with Crippen LogP contribution in [0.4, 0.5) is 16.4 Å². The van der Waals surface area contributed by atoms with Crippen LogP contribution in [0.5, 0.6) is 0 Å². The van der Waals surface area contributed by atoms with Crippen LogP contribution in [0, 0.1) is 5.41 Å². The van der Waals surface area contributed by atoms with Crippen molar-refractivity contribution in [3.8, 4) is 0 Å². The first-order chi connectivity index (χ1) is 15.3. The number of carbonyl (C=O) groups is 3. The average Bonchev–Trinajstić information content (AvgIpc) is 3.05. The van der Waals surface area contributed by atoms with Crippen LogP contribution < -0.4 is 27.4 Å². The van der Waals surface area contributed by atoms with E-state index in [0.717, 1.165) is 43.9 Å². The third-order valence-corrected chi connectivity index (χ3v) is 5.73. The van der Waals surface area contributed by atoms with Gasteiger partial charge in [-0.2, -0.15) is 0 Å². The van der Waals surface area contributed by atoms with Gasteiger partial charge in [-0.1, -0.05) is 36.2 Å². The Labute approximate surface area is 194 Å². The first-order valence-electron chi connectivity index (χ1n) is 10.1. The number of nitrogens with zero attached hydrogens (tertiary/aromatic N) is 2. The number of guanidine groups is 1. The zero-order valence-electron chi connectivity index (χ0n) is 17.4. The number of halogens is 1. The molecule has 32 heavy (non-hydrogen) atoms. The van der Waals surface area contributed by atoms with Crippen molar-refractivity contribution in [2.24, 2.45) is 0 Å². The fraction of sp³-hybridized carbons (Fsp3) is 0.556. The molecule has 0 radical (unpaired) electrons. The molecule has 3 amide bonds. The van der Waals surface area contributed by atoms with Crippen molar-refractivity contribution >= 4 is 58.0 Å². The number of thioether (sulfide) groups is 1. The monoisotopic (exact) mass is 486 g/mol. The van der Waals surface area contributed by atoms with Crippen molar-refractivity contribution in [3.63, 3.8) is 0 Å². The van der Waals surface area contributed by atoms with Gasteiger partial charge in [0.15, 0.2) is 28.4 Å². The van der Waals surface area contributed by atoms with Crippen LogP contribution in [0.2, 0.25) is 5.15 Å². The van der Waals surface area contributed by atoms with E-state index in [1.165, 1.54) is 0 Å². The van der Waals surface area contributed by atoms with E-state index >= 15 is 0 Å². The summed E-state index contributed by atoms with van der Waals surface area (Å²) in [5.41, 5.74) is 10.9. The summed E-state index contributed by atoms with van der Waals surface area (Å²) in [7, 11) is 0. The SMILES string of the molecule is N=C(NCCCCCCOCCCC1SC(=O)NC1=O)NC(=O)c1nc(Cl)c(N)nc1N. The van der Waals surface area contributed by atoms with Crippen molar-refractivity contribution in [2.45, 2.75) is 43.8 Å². The number of aromatic nitrogens is 2. The summed E-state index contributed by atoms with van der Waals surface area (Å²) in [5.74, 6) is -1.34. The van der Waals surface area contributed by atoms with Crippen LogP contribution in [-0.4, -0.2) is 58.0 Å². The third-order valence-electron chi connectivity index (χ3n) is 4.40. The summed E-state index contributed by atoms with van der Waals surface area (Å²) < 4.78 is 5.55. The van der Waals surface area contributed by atoms with Gasteiger partial charge in [-0.15, -0.1) is 0 Å². The average molecular weight is 487 g/mol. The maximum absolute atomic E-state index is 12.1. The molecule has 8 N–H and O–H groups in total. The van der Waals surface area contributed by atoms with E-state index in [0.29, 0.717) is 26.2 Å². The van der Waals surface area contributed by atoms with Crippen molar-refractivity contribution in [2.75, 3.05) is 31.2 Å². The summed E-state index contributed by atoms with van der Waals surface area (Å²) in [6.07, 6.45) is 4.98. The highest BCUT2D eigenvalue weighted by molar-refractivity contribution is 8.15. The fourth-order valence-electron chi connectivity index (χ4n) is 2.78. The molecule has 0 aromatic carbocycles. The lowest BCUT2D eigenvalue weighted by Gasteiger charge is -2.10. The Balaban J connectivity index is 1.46. The van der Waals surface area contributed by atoms with Crippen molar-refractivity contribution in [1.29, 1.82) is 5.41 Å². The van der Waals surface area contributed by atoms with Crippen LogP contribution in [-0.2, 0) is 9.53 Å². The van der Waals surface area contributed by atoms with Gasteiger partial charge >= 0.3 is 0 Å². The number of ether oxygens (including phenoxy) is 1. The Bertz CT molecular complexity index is 857. The molecule has 1 unspecified atom stereocenters. The molecule has 0 aliphatic carbocycles. The van der Waals surface area contributed by atoms with E-state index in [1.54, 1.807) is 0 Å². The predicted molar refractivity (Wildman–Crippen MR) is 123 cm³/mol. The number of nitrogen functional groups attached to an aromatic ring is 2. The molecule has 2 rings (SSSR count). The number of hydrogen-bond donors (Lipinski definition) is 6. The molecule has 1 aromatic rings. The zero-order chi connectivity index (χ0) is 23.5. The van der Waals surface area contributed by atoms with Crippen LogP contribution in [0.15, 0.2) is 0 Å². The molecular formula is C18H27ClN8O4S. The summed E-state index contributed by atoms with van der Waals surface area (Å²) in [4.78, 5) is 42.1. The number of unbranched alkanes of at least 4 members (excludes halogenated alkanes) is 3. The summed E-state index contributed by atoms with van der Waals surface area (Å²) in [6, 6.07) is 0. The number of anilines is 2. The topological polar surface area (TPSA) is 198 Å². The second kappa shape index (κ2) is 13.0. The van der Waals surface area contributed by atoms with Gasteiger partial charge in [-0.05, 0) is 25.7 Å². The van der Waals surface area contributed by atoms with Crippen molar-refractivity contribution in [1.82, 2.24) is 25.9 Å². The van der Waals surface area contributed by atoms with Crippen LogP contribution in [0.3, 0.4) is 0 Å². The molecule has 1 aliphatic rings. The van der Waals surface area contributed by atoms with E-state index in [-0.39, 0.29) is 44.8 Å². The largest absolute Gasteiger partial charge is 0.382 e.